The van der Waals surface area contributed by atoms with Crippen molar-refractivity contribution < 1.29 is 23.9 Å². The van der Waals surface area contributed by atoms with Crippen LogP contribution >= 0.6 is 0 Å². The summed E-state index contributed by atoms with van der Waals surface area (Å²) in [6.45, 7) is 5.89. The van der Waals surface area contributed by atoms with Crippen molar-refractivity contribution >= 4 is 29.4 Å². The maximum absolute atomic E-state index is 12.6. The van der Waals surface area contributed by atoms with Crippen LogP contribution in [0, 0.1) is 5.92 Å². The third-order valence-electron chi connectivity index (χ3n) is 4.47. The number of anilines is 1. The van der Waals surface area contributed by atoms with Crippen LogP contribution in [0.4, 0.5) is 5.69 Å². The molecule has 1 unspecified atom stereocenters. The van der Waals surface area contributed by atoms with Crippen LogP contribution in [-0.2, 0) is 9.53 Å². The smallest absolute Gasteiger partial charge is 0.338 e. The quantitative estimate of drug-likeness (QED) is 0.601. The molecule has 1 heterocycles. The lowest BCUT2D eigenvalue weighted by atomic mass is 10.1. The van der Waals surface area contributed by atoms with Crippen LogP contribution in [0.5, 0.6) is 0 Å². The van der Waals surface area contributed by atoms with E-state index in [1.807, 2.05) is 13.8 Å². The number of hydrogen-bond donors (Lipinski definition) is 1. The first kappa shape index (κ1) is 20.3. The first-order valence-corrected chi connectivity index (χ1v) is 9.36. The predicted molar refractivity (Wildman–Crippen MR) is 107 cm³/mol. The van der Waals surface area contributed by atoms with Gasteiger partial charge in [0.25, 0.3) is 17.7 Å². The Labute approximate surface area is 168 Å². The summed E-state index contributed by atoms with van der Waals surface area (Å²) in [5.74, 6) is -1.72. The van der Waals surface area contributed by atoms with E-state index in [4.69, 9.17) is 4.74 Å². The molecule has 0 aromatic heterocycles. The molecule has 0 aliphatic carbocycles. The van der Waals surface area contributed by atoms with E-state index in [9.17, 15) is 19.2 Å². The average molecular weight is 394 g/mol. The molecule has 7 nitrogen and oxygen atoms in total. The molecule has 0 saturated carbocycles. The van der Waals surface area contributed by atoms with Crippen LogP contribution in [0.3, 0.4) is 0 Å². The second kappa shape index (κ2) is 8.26. The minimum Gasteiger partial charge on any atom is -0.449 e. The van der Waals surface area contributed by atoms with Crippen molar-refractivity contribution in [2.45, 2.75) is 26.9 Å². The van der Waals surface area contributed by atoms with E-state index >= 15 is 0 Å². The summed E-state index contributed by atoms with van der Waals surface area (Å²) in [7, 11) is 0. The third-order valence-corrected chi connectivity index (χ3v) is 4.47. The molecule has 1 atom stereocenters. The van der Waals surface area contributed by atoms with E-state index in [2.05, 4.69) is 5.32 Å². The lowest BCUT2D eigenvalue weighted by Crippen LogP contribution is -2.37. The summed E-state index contributed by atoms with van der Waals surface area (Å²) in [4.78, 5) is 50.7. The van der Waals surface area contributed by atoms with Crippen LogP contribution in [0.1, 0.15) is 51.8 Å². The first-order chi connectivity index (χ1) is 13.8. The number of benzene rings is 2. The molecule has 0 saturated heterocycles. The summed E-state index contributed by atoms with van der Waals surface area (Å²) in [6, 6.07) is 12.6. The Kier molecular flexibility index (Phi) is 5.77. The molecular formula is C22H22N2O5. The number of nitrogens with one attached hydrogen (secondary N) is 1. The number of fused-ring (bicyclic) bond motifs is 1. The molecule has 0 fully saturated rings. The normalized spacial score (nSPS) is 14.0. The number of carbonyl (C=O) groups is 4. The lowest BCUT2D eigenvalue weighted by Gasteiger charge is -2.16. The van der Waals surface area contributed by atoms with Gasteiger partial charge in [-0.05, 0) is 43.2 Å². The topological polar surface area (TPSA) is 92.8 Å². The molecule has 2 aromatic carbocycles. The van der Waals surface area contributed by atoms with E-state index in [-0.39, 0.29) is 23.1 Å². The Bertz CT molecular complexity index is 948. The molecule has 0 bridgehead atoms. The number of rotatable bonds is 6. The third kappa shape index (κ3) is 4.18. The molecule has 3 rings (SSSR count). The van der Waals surface area contributed by atoms with Gasteiger partial charge >= 0.3 is 5.97 Å². The highest BCUT2D eigenvalue weighted by Gasteiger charge is 2.36. The largest absolute Gasteiger partial charge is 0.449 e. The van der Waals surface area contributed by atoms with Gasteiger partial charge in [0.1, 0.15) is 0 Å². The van der Waals surface area contributed by atoms with Gasteiger partial charge in [0.2, 0.25) is 0 Å². The average Bonchev–Trinajstić information content (AvgIpc) is 2.96. The van der Waals surface area contributed by atoms with Gasteiger partial charge in [-0.15, -0.1) is 0 Å². The van der Waals surface area contributed by atoms with Crippen molar-refractivity contribution in [3.8, 4) is 0 Å². The molecule has 2 aromatic rings. The molecule has 0 spiro atoms. The molecule has 7 heteroatoms. The fourth-order valence-corrected chi connectivity index (χ4v) is 2.93. The molecular weight excluding hydrogens is 372 g/mol. The number of amides is 3. The zero-order valence-electron chi connectivity index (χ0n) is 16.5. The van der Waals surface area contributed by atoms with E-state index in [0.717, 1.165) is 4.90 Å². The van der Waals surface area contributed by atoms with E-state index < -0.39 is 23.9 Å². The standard InChI is InChI=1S/C22H22N2O5/c1-13(2)12-23-19(25)14(3)29-22(28)15-7-6-8-16(11-15)24-20(26)17-9-4-5-10-18(17)21(24)27/h4-11,13-14H,12H2,1-3H3,(H,23,25). The van der Waals surface area contributed by atoms with Gasteiger partial charge in [0.05, 0.1) is 22.4 Å². The number of hydrogen-bond acceptors (Lipinski definition) is 5. The number of nitrogens with zero attached hydrogens (tertiary/aromatic N) is 1. The minimum absolute atomic E-state index is 0.141. The van der Waals surface area contributed by atoms with Crippen molar-refractivity contribution in [1.29, 1.82) is 0 Å². The van der Waals surface area contributed by atoms with E-state index in [1.54, 1.807) is 36.4 Å². The number of ether oxygens (including phenoxy) is 1. The Morgan fingerprint density at radius 2 is 1.59 bits per heavy atom. The van der Waals surface area contributed by atoms with Crippen molar-refractivity contribution in [3.63, 3.8) is 0 Å². The van der Waals surface area contributed by atoms with Gasteiger partial charge in [0.15, 0.2) is 6.10 Å². The number of esters is 1. The van der Waals surface area contributed by atoms with Gasteiger partial charge in [-0.25, -0.2) is 9.69 Å². The lowest BCUT2D eigenvalue weighted by molar-refractivity contribution is -0.129. The SMILES string of the molecule is CC(C)CNC(=O)C(C)OC(=O)c1cccc(N2C(=O)c3ccccc3C2=O)c1. The Morgan fingerprint density at radius 1 is 0.966 bits per heavy atom. The summed E-state index contributed by atoms with van der Waals surface area (Å²) < 4.78 is 5.22. The van der Waals surface area contributed by atoms with Gasteiger partial charge in [0, 0.05) is 6.54 Å². The fourth-order valence-electron chi connectivity index (χ4n) is 2.93. The van der Waals surface area contributed by atoms with E-state index in [0.29, 0.717) is 17.7 Å². The van der Waals surface area contributed by atoms with Gasteiger partial charge < -0.3 is 10.1 Å². The fraction of sp³-hybridized carbons (Fsp3) is 0.273. The van der Waals surface area contributed by atoms with Crippen molar-refractivity contribution in [2.24, 2.45) is 5.92 Å². The van der Waals surface area contributed by atoms with Crippen LogP contribution in [0.25, 0.3) is 0 Å². The molecule has 1 N–H and O–H groups in total. The Hall–Kier alpha value is -3.48. The van der Waals surface area contributed by atoms with Crippen LogP contribution < -0.4 is 10.2 Å². The highest BCUT2D eigenvalue weighted by atomic mass is 16.5. The summed E-state index contributed by atoms with van der Waals surface area (Å²) in [6.07, 6.45) is -0.968. The second-order valence-corrected chi connectivity index (χ2v) is 7.23. The van der Waals surface area contributed by atoms with Crippen molar-refractivity contribution in [2.75, 3.05) is 11.4 Å². The number of carbonyl (C=O) groups excluding carboxylic acids is 4. The van der Waals surface area contributed by atoms with Crippen LogP contribution in [0.15, 0.2) is 48.5 Å². The second-order valence-electron chi connectivity index (χ2n) is 7.23. The highest BCUT2D eigenvalue weighted by molar-refractivity contribution is 6.34. The van der Waals surface area contributed by atoms with Gasteiger partial charge in [-0.3, -0.25) is 14.4 Å². The Morgan fingerprint density at radius 3 is 2.17 bits per heavy atom. The minimum atomic E-state index is -0.968. The first-order valence-electron chi connectivity index (χ1n) is 9.36. The zero-order chi connectivity index (χ0) is 21.1. The maximum atomic E-state index is 12.6. The number of imide groups is 1. The van der Waals surface area contributed by atoms with Gasteiger partial charge in [-0.1, -0.05) is 32.0 Å². The predicted octanol–water partition coefficient (Wildman–Crippen LogP) is 2.80. The monoisotopic (exact) mass is 394 g/mol. The zero-order valence-corrected chi connectivity index (χ0v) is 16.5. The van der Waals surface area contributed by atoms with Gasteiger partial charge in [-0.2, -0.15) is 0 Å². The maximum Gasteiger partial charge on any atom is 0.338 e. The molecule has 1 aliphatic rings. The summed E-state index contributed by atoms with van der Waals surface area (Å²) in [5.41, 5.74) is 1.05. The van der Waals surface area contributed by atoms with E-state index in [1.165, 1.54) is 19.1 Å². The van der Waals surface area contributed by atoms with Crippen LogP contribution in [-0.4, -0.2) is 36.3 Å². The van der Waals surface area contributed by atoms with Crippen molar-refractivity contribution in [1.82, 2.24) is 5.32 Å². The summed E-state index contributed by atoms with van der Waals surface area (Å²) in [5, 5.41) is 2.70. The molecule has 150 valence electrons. The summed E-state index contributed by atoms with van der Waals surface area (Å²) >= 11 is 0. The van der Waals surface area contributed by atoms with Crippen LogP contribution in [0.2, 0.25) is 0 Å². The molecule has 1 aliphatic heterocycles. The molecule has 29 heavy (non-hydrogen) atoms. The van der Waals surface area contributed by atoms with Crippen molar-refractivity contribution in [3.05, 3.63) is 65.2 Å². The molecule has 3 amide bonds. The Balaban J connectivity index is 1.75. The molecule has 0 radical (unpaired) electrons. The highest BCUT2D eigenvalue weighted by Crippen LogP contribution is 2.28.